The van der Waals surface area contributed by atoms with Crippen LogP contribution in [0.1, 0.15) is 51.2 Å². The molecule has 0 heterocycles. The molecule has 230 valence electrons. The molecule has 0 aliphatic heterocycles. The molecular weight excluding hydrogens is 584 g/mol. The van der Waals surface area contributed by atoms with Gasteiger partial charge in [0.25, 0.3) is 0 Å². The molecule has 4 aliphatic rings. The van der Waals surface area contributed by atoms with Crippen LogP contribution in [0.3, 0.4) is 0 Å². The molecule has 1 N–H and O–H groups in total. The number of allylic oxidation sites excluding steroid dienone is 2. The van der Waals surface area contributed by atoms with Crippen molar-refractivity contribution >= 4 is 51.4 Å². The van der Waals surface area contributed by atoms with Crippen LogP contribution < -0.4 is 10.4 Å². The van der Waals surface area contributed by atoms with E-state index in [0.717, 1.165) is 36.1 Å². The van der Waals surface area contributed by atoms with Gasteiger partial charge in [0, 0.05) is 16.4 Å². The first kappa shape index (κ1) is 29.5. The molecule has 2 bridgehead atoms. The summed E-state index contributed by atoms with van der Waals surface area (Å²) in [4.78, 5) is 0. The number of rotatable bonds is 4. The minimum absolute atomic E-state index is 0.109. The summed E-state index contributed by atoms with van der Waals surface area (Å²) in [6.45, 7) is 5.77. The zero-order valence-corrected chi connectivity index (χ0v) is 27.4. The van der Waals surface area contributed by atoms with Crippen LogP contribution >= 0.6 is 11.6 Å². The Balaban J connectivity index is 1.50. The topological polar surface area (TPSA) is 29.5 Å². The quantitative estimate of drug-likeness (QED) is 0.160. The molecule has 2 nitrogen and oxygen atoms in total. The van der Waals surface area contributed by atoms with Gasteiger partial charge in [-0.25, -0.2) is 0 Å². The average Bonchev–Trinajstić information content (AvgIpc) is 3.13. The SMILES string of the molecule is CC12C=CC(C/C=c3/c(-c4ccc5c(c4)C=CCC5)c4ccc(Cl)cc4c(-c4ccc5ccccc5c4)/c3=C/1)C(OC(C)(C)O)C2. The van der Waals surface area contributed by atoms with Crippen LogP contribution in [0, 0.1) is 11.3 Å². The van der Waals surface area contributed by atoms with Gasteiger partial charge in [-0.1, -0.05) is 110 Å². The Kier molecular flexibility index (Phi) is 7.10. The smallest absolute Gasteiger partial charge is 0.160 e. The molecule has 0 spiro atoms. The molecule has 5 aromatic rings. The molecule has 46 heavy (non-hydrogen) atoms. The van der Waals surface area contributed by atoms with E-state index in [2.05, 4.69) is 116 Å². The molecule has 4 aliphatic carbocycles. The highest BCUT2D eigenvalue weighted by molar-refractivity contribution is 6.31. The second-order valence-corrected chi connectivity index (χ2v) is 14.5. The maximum absolute atomic E-state index is 10.7. The number of aryl methyl sites for hydroxylation is 1. The van der Waals surface area contributed by atoms with Crippen LogP contribution in [-0.4, -0.2) is 17.0 Å². The van der Waals surface area contributed by atoms with E-state index in [0.29, 0.717) is 0 Å². The highest BCUT2D eigenvalue weighted by Gasteiger charge is 2.36. The predicted molar refractivity (Wildman–Crippen MR) is 194 cm³/mol. The number of hydrogen-bond acceptors (Lipinski definition) is 2. The van der Waals surface area contributed by atoms with Gasteiger partial charge in [0.05, 0.1) is 6.10 Å². The number of hydrogen-bond donors (Lipinski definition) is 1. The van der Waals surface area contributed by atoms with Crippen molar-refractivity contribution in [2.24, 2.45) is 11.3 Å². The van der Waals surface area contributed by atoms with Gasteiger partial charge in [0.15, 0.2) is 5.79 Å². The van der Waals surface area contributed by atoms with E-state index < -0.39 is 5.79 Å². The Morgan fingerprint density at radius 2 is 1.65 bits per heavy atom. The lowest BCUT2D eigenvalue weighted by molar-refractivity contribution is -0.218. The molecule has 0 saturated carbocycles. The van der Waals surface area contributed by atoms with Crippen molar-refractivity contribution < 1.29 is 9.84 Å². The van der Waals surface area contributed by atoms with Crippen molar-refractivity contribution in [2.75, 3.05) is 0 Å². The second kappa shape index (κ2) is 11.1. The van der Waals surface area contributed by atoms with Gasteiger partial charge >= 0.3 is 0 Å². The van der Waals surface area contributed by atoms with E-state index in [1.54, 1.807) is 13.8 Å². The summed E-state index contributed by atoms with van der Waals surface area (Å²) in [6.07, 6.45) is 17.8. The minimum Gasteiger partial charge on any atom is -0.366 e. The first-order chi connectivity index (χ1) is 22.1. The van der Waals surface area contributed by atoms with Gasteiger partial charge in [0.1, 0.15) is 0 Å². The monoisotopic (exact) mass is 622 g/mol. The second-order valence-electron chi connectivity index (χ2n) is 14.1. The summed E-state index contributed by atoms with van der Waals surface area (Å²) in [5.41, 5.74) is 7.27. The number of benzene rings is 5. The molecule has 5 aromatic carbocycles. The van der Waals surface area contributed by atoms with Crippen molar-refractivity contribution in [3.63, 3.8) is 0 Å². The molecule has 0 saturated heterocycles. The Bertz CT molecular complexity index is 2220. The third kappa shape index (κ3) is 5.33. The summed E-state index contributed by atoms with van der Waals surface area (Å²) in [7, 11) is 0. The van der Waals surface area contributed by atoms with E-state index in [-0.39, 0.29) is 17.4 Å². The first-order valence-electron chi connectivity index (χ1n) is 16.5. The normalized spacial score (nSPS) is 23.5. The largest absolute Gasteiger partial charge is 0.366 e. The molecule has 3 heteroatoms. The first-order valence-corrected chi connectivity index (χ1v) is 16.9. The van der Waals surface area contributed by atoms with Gasteiger partial charge in [0.2, 0.25) is 0 Å². The molecule has 9 rings (SSSR count). The Labute approximate surface area is 276 Å². The van der Waals surface area contributed by atoms with Gasteiger partial charge in [-0.3, -0.25) is 0 Å². The van der Waals surface area contributed by atoms with Crippen LogP contribution in [0.4, 0.5) is 0 Å². The fourth-order valence-electron chi connectivity index (χ4n) is 7.95. The predicted octanol–water partition coefficient (Wildman–Crippen LogP) is 9.60. The fourth-order valence-corrected chi connectivity index (χ4v) is 8.12. The Morgan fingerprint density at radius 1 is 0.870 bits per heavy atom. The number of aliphatic hydroxyl groups is 1. The van der Waals surface area contributed by atoms with Crippen LogP contribution in [0.5, 0.6) is 0 Å². The Hall–Kier alpha value is -3.95. The highest BCUT2D eigenvalue weighted by Crippen LogP contribution is 2.41. The van der Waals surface area contributed by atoms with Crippen LogP contribution in [0.25, 0.3) is 62.0 Å². The molecule has 0 fully saturated rings. The third-order valence-electron chi connectivity index (χ3n) is 10.1. The lowest BCUT2D eigenvalue weighted by Gasteiger charge is -2.38. The van der Waals surface area contributed by atoms with Gasteiger partial charge in [-0.15, -0.1) is 0 Å². The molecule has 0 radical (unpaired) electrons. The van der Waals surface area contributed by atoms with Crippen LogP contribution in [-0.2, 0) is 11.2 Å². The molecular formula is C43H39ClO2. The molecule has 0 aromatic heterocycles. The van der Waals surface area contributed by atoms with E-state index in [1.807, 2.05) is 6.07 Å². The van der Waals surface area contributed by atoms with E-state index in [1.165, 1.54) is 60.0 Å². The summed E-state index contributed by atoms with van der Waals surface area (Å²) in [5, 5.41) is 18.7. The maximum atomic E-state index is 10.7. The fraction of sp³-hybridized carbons (Fsp3) is 0.256. The summed E-state index contributed by atoms with van der Waals surface area (Å²) < 4.78 is 6.34. The summed E-state index contributed by atoms with van der Waals surface area (Å²) in [5.74, 6) is -1.05. The highest BCUT2D eigenvalue weighted by atomic mass is 35.5. The summed E-state index contributed by atoms with van der Waals surface area (Å²) in [6, 6.07) is 28.8. The number of halogens is 1. The van der Waals surface area contributed by atoms with Crippen molar-refractivity contribution in [1.82, 2.24) is 0 Å². The minimum atomic E-state index is -1.21. The average molecular weight is 623 g/mol. The molecule has 3 atom stereocenters. The van der Waals surface area contributed by atoms with Crippen LogP contribution in [0.2, 0.25) is 5.02 Å². The van der Waals surface area contributed by atoms with Crippen molar-refractivity contribution in [3.05, 3.63) is 124 Å². The van der Waals surface area contributed by atoms with Crippen molar-refractivity contribution in [1.29, 1.82) is 0 Å². The van der Waals surface area contributed by atoms with Crippen LogP contribution in [0.15, 0.2) is 97.1 Å². The van der Waals surface area contributed by atoms with E-state index in [9.17, 15) is 5.11 Å². The number of fused-ring (bicyclic) bond motifs is 5. The zero-order valence-electron chi connectivity index (χ0n) is 26.7. The lowest BCUT2D eigenvalue weighted by Crippen LogP contribution is -2.39. The Morgan fingerprint density at radius 3 is 2.50 bits per heavy atom. The van der Waals surface area contributed by atoms with Gasteiger partial charge in [-0.05, 0) is 129 Å². The molecule has 3 unspecified atom stereocenters. The number of ether oxygens (including phenoxy) is 1. The van der Waals surface area contributed by atoms with Gasteiger partial charge in [-0.2, -0.15) is 0 Å². The zero-order chi connectivity index (χ0) is 31.6. The van der Waals surface area contributed by atoms with Crippen molar-refractivity contribution in [2.45, 2.75) is 58.3 Å². The van der Waals surface area contributed by atoms with Gasteiger partial charge < -0.3 is 9.84 Å². The third-order valence-corrected chi connectivity index (χ3v) is 10.3. The van der Waals surface area contributed by atoms with E-state index in [4.69, 9.17) is 16.3 Å². The van der Waals surface area contributed by atoms with Crippen molar-refractivity contribution in [3.8, 4) is 22.3 Å². The lowest BCUT2D eigenvalue weighted by atomic mass is 9.74. The molecule has 0 amide bonds. The maximum Gasteiger partial charge on any atom is 0.160 e. The standard InChI is InChI=1S/C43H39ClO2/c1-42(2,45)46-39-26-43(3)21-20-29(39)16-18-36-38(25-43)41(33-15-13-28-9-5-7-11-31(28)23-33)37-24-34(44)17-19-35(37)40(36)32-14-12-27-8-4-6-10-30(27)22-32/h5-7,9-15,17-25,29,39,45H,4,8,16,26H2,1-3H3/b36-18+,38-25+. The van der Waals surface area contributed by atoms with E-state index >= 15 is 0 Å². The summed E-state index contributed by atoms with van der Waals surface area (Å²) >= 11 is 6.83.